The topological polar surface area (TPSA) is 79.3 Å². The van der Waals surface area contributed by atoms with Gasteiger partial charge in [-0.15, -0.1) is 12.3 Å². The molecule has 0 spiro atoms. The third-order valence-corrected chi connectivity index (χ3v) is 2.26. The predicted octanol–water partition coefficient (Wildman–Crippen LogP) is 1.91. The number of anilines is 1. The van der Waals surface area contributed by atoms with Crippen LogP contribution in [0.5, 0.6) is 0 Å². The second-order valence-corrected chi connectivity index (χ2v) is 3.66. The van der Waals surface area contributed by atoms with Crippen LogP contribution in [0.25, 0.3) is 0 Å². The summed E-state index contributed by atoms with van der Waals surface area (Å²) < 4.78 is 0. The number of amides is 1. The Morgan fingerprint density at radius 2 is 2.22 bits per heavy atom. The lowest BCUT2D eigenvalue weighted by atomic mass is 10.2. The van der Waals surface area contributed by atoms with Crippen molar-refractivity contribution in [2.24, 2.45) is 0 Å². The van der Waals surface area contributed by atoms with Crippen molar-refractivity contribution in [1.29, 1.82) is 0 Å². The second-order valence-electron chi connectivity index (χ2n) is 3.66. The number of carboxylic acid groups (broad SMARTS) is 1. The zero-order valence-electron chi connectivity index (χ0n) is 9.85. The van der Waals surface area contributed by atoms with Crippen LogP contribution in [0.4, 0.5) is 5.69 Å². The molecule has 1 aromatic rings. The molecule has 0 bridgehead atoms. The molecule has 0 saturated heterocycles. The van der Waals surface area contributed by atoms with E-state index in [9.17, 15) is 9.59 Å². The van der Waals surface area contributed by atoms with Crippen molar-refractivity contribution in [3.05, 3.63) is 24.0 Å². The van der Waals surface area contributed by atoms with Crippen LogP contribution >= 0.6 is 0 Å². The minimum absolute atomic E-state index is 0.158. The maximum absolute atomic E-state index is 11.6. The number of hydrogen-bond acceptors (Lipinski definition) is 3. The van der Waals surface area contributed by atoms with Gasteiger partial charge in [0.15, 0.2) is 5.69 Å². The third-order valence-electron chi connectivity index (χ3n) is 2.26. The first-order chi connectivity index (χ1) is 8.65. The lowest BCUT2D eigenvalue weighted by molar-refractivity contribution is -0.116. The Labute approximate surface area is 105 Å². The highest BCUT2D eigenvalue weighted by Crippen LogP contribution is 2.13. The molecule has 0 saturated carbocycles. The van der Waals surface area contributed by atoms with Gasteiger partial charge in [-0.05, 0) is 25.0 Å². The number of aromatic carboxylic acids is 1. The molecular formula is C13H14N2O3. The number of pyridine rings is 1. The zero-order chi connectivity index (χ0) is 13.4. The fourth-order valence-corrected chi connectivity index (χ4v) is 1.40. The Morgan fingerprint density at radius 3 is 2.89 bits per heavy atom. The van der Waals surface area contributed by atoms with Gasteiger partial charge in [-0.3, -0.25) is 4.79 Å². The normalized spacial score (nSPS) is 9.50. The summed E-state index contributed by atoms with van der Waals surface area (Å²) in [5.41, 5.74) is 0.0569. The van der Waals surface area contributed by atoms with E-state index in [2.05, 4.69) is 16.2 Å². The number of nitrogens with one attached hydrogen (secondary N) is 1. The number of unbranched alkanes of at least 4 members (excludes halogenated alkanes) is 2. The first-order valence-electron chi connectivity index (χ1n) is 5.56. The average Bonchev–Trinajstić information content (AvgIpc) is 2.35. The van der Waals surface area contributed by atoms with Crippen molar-refractivity contribution in [2.75, 3.05) is 5.32 Å². The fraction of sp³-hybridized carbons (Fsp3) is 0.308. The Morgan fingerprint density at radius 1 is 1.44 bits per heavy atom. The van der Waals surface area contributed by atoms with Crippen LogP contribution in [0.2, 0.25) is 0 Å². The molecular weight excluding hydrogens is 232 g/mol. The highest BCUT2D eigenvalue weighted by molar-refractivity contribution is 5.98. The van der Waals surface area contributed by atoms with Crippen LogP contribution in [-0.4, -0.2) is 22.0 Å². The molecule has 2 N–H and O–H groups in total. The molecule has 1 heterocycles. The second kappa shape index (κ2) is 7.07. The summed E-state index contributed by atoms with van der Waals surface area (Å²) in [7, 11) is 0. The van der Waals surface area contributed by atoms with Crippen LogP contribution in [0, 0.1) is 12.3 Å². The molecule has 5 heteroatoms. The molecule has 0 fully saturated rings. The summed E-state index contributed by atoms with van der Waals surface area (Å²) in [4.78, 5) is 26.1. The van der Waals surface area contributed by atoms with E-state index in [-0.39, 0.29) is 17.3 Å². The lowest BCUT2D eigenvalue weighted by Crippen LogP contribution is -2.15. The zero-order valence-corrected chi connectivity index (χ0v) is 9.85. The van der Waals surface area contributed by atoms with Crippen molar-refractivity contribution < 1.29 is 14.7 Å². The molecule has 1 aromatic heterocycles. The van der Waals surface area contributed by atoms with Crippen molar-refractivity contribution in [3.63, 3.8) is 0 Å². The number of aromatic nitrogens is 1. The van der Waals surface area contributed by atoms with Gasteiger partial charge in [0, 0.05) is 19.0 Å². The number of carboxylic acids is 1. The van der Waals surface area contributed by atoms with Crippen LogP contribution in [0.15, 0.2) is 18.3 Å². The van der Waals surface area contributed by atoms with Crippen molar-refractivity contribution in [1.82, 2.24) is 4.98 Å². The summed E-state index contributed by atoms with van der Waals surface area (Å²) in [6, 6.07) is 3.08. The van der Waals surface area contributed by atoms with Gasteiger partial charge < -0.3 is 10.4 Å². The van der Waals surface area contributed by atoms with Gasteiger partial charge in [-0.1, -0.05) is 0 Å². The maximum Gasteiger partial charge on any atom is 0.356 e. The van der Waals surface area contributed by atoms with E-state index in [4.69, 9.17) is 11.5 Å². The third kappa shape index (κ3) is 4.26. The highest BCUT2D eigenvalue weighted by Gasteiger charge is 2.12. The van der Waals surface area contributed by atoms with Crippen LogP contribution in [-0.2, 0) is 4.79 Å². The Balaban J connectivity index is 2.54. The SMILES string of the molecule is C#CCCCCC(=O)Nc1cccnc1C(=O)O. The van der Waals surface area contributed by atoms with Gasteiger partial charge >= 0.3 is 5.97 Å². The van der Waals surface area contributed by atoms with E-state index >= 15 is 0 Å². The standard InChI is InChI=1S/C13H14N2O3/c1-2-3-4-5-8-11(16)15-10-7-6-9-14-12(10)13(17)18/h1,6-7,9H,3-5,8H2,(H,15,16)(H,17,18). The lowest BCUT2D eigenvalue weighted by Gasteiger charge is -2.06. The summed E-state index contributed by atoms with van der Waals surface area (Å²) in [6.45, 7) is 0. The molecule has 1 rings (SSSR count). The van der Waals surface area contributed by atoms with Gasteiger partial charge in [0.05, 0.1) is 5.69 Å². The largest absolute Gasteiger partial charge is 0.476 e. The summed E-state index contributed by atoms with van der Waals surface area (Å²) in [5.74, 6) is 1.09. The van der Waals surface area contributed by atoms with E-state index in [1.54, 1.807) is 6.07 Å². The molecule has 0 aliphatic rings. The van der Waals surface area contributed by atoms with Crippen molar-refractivity contribution in [3.8, 4) is 12.3 Å². The minimum Gasteiger partial charge on any atom is -0.476 e. The number of nitrogens with zero attached hydrogens (tertiary/aromatic N) is 1. The average molecular weight is 246 g/mol. The van der Waals surface area contributed by atoms with Gasteiger partial charge in [0.1, 0.15) is 0 Å². The molecule has 18 heavy (non-hydrogen) atoms. The van der Waals surface area contributed by atoms with Gasteiger partial charge in [-0.25, -0.2) is 9.78 Å². The smallest absolute Gasteiger partial charge is 0.356 e. The Bertz CT molecular complexity index is 477. The van der Waals surface area contributed by atoms with Gasteiger partial charge in [0.25, 0.3) is 0 Å². The fourth-order valence-electron chi connectivity index (χ4n) is 1.40. The quantitative estimate of drug-likeness (QED) is 0.593. The van der Waals surface area contributed by atoms with Gasteiger partial charge in [-0.2, -0.15) is 0 Å². The molecule has 0 aromatic carbocycles. The molecule has 0 aliphatic heterocycles. The number of rotatable bonds is 6. The summed E-state index contributed by atoms with van der Waals surface area (Å²) in [5, 5.41) is 11.4. The molecule has 5 nitrogen and oxygen atoms in total. The Kier molecular flexibility index (Phi) is 5.39. The number of carbonyl (C=O) groups is 2. The Hall–Kier alpha value is -2.35. The maximum atomic E-state index is 11.6. The van der Waals surface area contributed by atoms with Crippen LogP contribution < -0.4 is 5.32 Å². The monoisotopic (exact) mass is 246 g/mol. The first kappa shape index (κ1) is 13.7. The molecule has 0 radical (unpaired) electrons. The summed E-state index contributed by atoms with van der Waals surface area (Å²) in [6.07, 6.45) is 8.88. The molecule has 0 aliphatic carbocycles. The number of terminal acetylenes is 1. The minimum atomic E-state index is -1.17. The predicted molar refractivity (Wildman–Crippen MR) is 67.1 cm³/mol. The van der Waals surface area contributed by atoms with E-state index in [0.717, 1.165) is 6.42 Å². The molecule has 94 valence electrons. The van der Waals surface area contributed by atoms with Crippen molar-refractivity contribution in [2.45, 2.75) is 25.7 Å². The van der Waals surface area contributed by atoms with Crippen LogP contribution in [0.1, 0.15) is 36.2 Å². The number of hydrogen-bond donors (Lipinski definition) is 2. The molecule has 0 unspecified atom stereocenters. The van der Waals surface area contributed by atoms with Gasteiger partial charge in [0.2, 0.25) is 5.91 Å². The van der Waals surface area contributed by atoms with Crippen molar-refractivity contribution >= 4 is 17.6 Å². The van der Waals surface area contributed by atoms with E-state index in [1.165, 1.54) is 12.3 Å². The van der Waals surface area contributed by atoms with E-state index in [1.807, 2.05) is 0 Å². The molecule has 0 atom stereocenters. The highest BCUT2D eigenvalue weighted by atomic mass is 16.4. The summed E-state index contributed by atoms with van der Waals surface area (Å²) >= 11 is 0. The number of carbonyl (C=O) groups excluding carboxylic acids is 1. The van der Waals surface area contributed by atoms with E-state index in [0.29, 0.717) is 19.3 Å². The van der Waals surface area contributed by atoms with E-state index < -0.39 is 5.97 Å². The molecule has 1 amide bonds. The van der Waals surface area contributed by atoms with Crippen LogP contribution in [0.3, 0.4) is 0 Å². The first-order valence-corrected chi connectivity index (χ1v) is 5.56.